The largest absolute Gasteiger partial charge is 0.311 e. The topological polar surface area (TPSA) is 6.48 Å². The number of hydrogen-bond donors (Lipinski definition) is 0. The van der Waals surface area contributed by atoms with Crippen LogP contribution in [0.2, 0.25) is 0 Å². The molecule has 0 N–H and O–H groups in total. The minimum absolute atomic E-state index is 1.09. The van der Waals surface area contributed by atoms with Crippen LogP contribution in [-0.4, -0.2) is 0 Å². The number of fused-ring (bicyclic) bond motifs is 1. The Bertz CT molecular complexity index is 2920. The first kappa shape index (κ1) is 36.4. The predicted octanol–water partition coefficient (Wildman–Crippen LogP) is 16.4. The van der Waals surface area contributed by atoms with Crippen LogP contribution in [0.25, 0.3) is 55.3 Å². The van der Waals surface area contributed by atoms with E-state index in [2.05, 4.69) is 265 Å². The fourth-order valence-electron chi connectivity index (χ4n) is 8.28. The van der Waals surface area contributed by atoms with Gasteiger partial charge < -0.3 is 9.80 Å². The molecule has 0 fully saturated rings. The molecule has 10 aromatic rings. The summed E-state index contributed by atoms with van der Waals surface area (Å²) in [7, 11) is 0. The molecule has 2 nitrogen and oxygen atoms in total. The Kier molecular flexibility index (Phi) is 10.0. The van der Waals surface area contributed by atoms with Crippen LogP contribution in [0.1, 0.15) is 0 Å². The van der Waals surface area contributed by atoms with Gasteiger partial charge in [0.25, 0.3) is 0 Å². The Morgan fingerprint density at radius 3 is 0.967 bits per heavy atom. The first-order chi connectivity index (χ1) is 29.8. The summed E-state index contributed by atoms with van der Waals surface area (Å²) in [5, 5.41) is 2.44. The summed E-state index contributed by atoms with van der Waals surface area (Å²) in [6.45, 7) is 0. The predicted molar refractivity (Wildman–Crippen MR) is 255 cm³/mol. The molecule has 0 heterocycles. The van der Waals surface area contributed by atoms with Crippen LogP contribution >= 0.6 is 0 Å². The summed E-state index contributed by atoms with van der Waals surface area (Å²) in [4.78, 5) is 4.69. The molecule has 0 radical (unpaired) electrons. The maximum absolute atomic E-state index is 2.40. The third-order valence-corrected chi connectivity index (χ3v) is 11.3. The molecule has 0 amide bonds. The molecule has 284 valence electrons. The first-order valence-electron chi connectivity index (χ1n) is 20.5. The summed E-state index contributed by atoms with van der Waals surface area (Å²) >= 11 is 0. The van der Waals surface area contributed by atoms with Crippen molar-refractivity contribution in [1.29, 1.82) is 0 Å². The molecule has 60 heavy (non-hydrogen) atoms. The smallest absolute Gasteiger partial charge is 0.0546 e. The summed E-state index contributed by atoms with van der Waals surface area (Å²) in [6, 6.07) is 91.3. The van der Waals surface area contributed by atoms with Gasteiger partial charge in [-0.15, -0.1) is 0 Å². The molecular formula is C58H42N2. The molecule has 0 aliphatic heterocycles. The van der Waals surface area contributed by atoms with Crippen molar-refractivity contribution in [2.24, 2.45) is 0 Å². The van der Waals surface area contributed by atoms with Crippen molar-refractivity contribution in [2.45, 2.75) is 0 Å². The first-order valence-corrected chi connectivity index (χ1v) is 20.5. The number of hydrogen-bond acceptors (Lipinski definition) is 2. The minimum atomic E-state index is 1.09. The number of para-hydroxylation sites is 2. The van der Waals surface area contributed by atoms with E-state index in [1.807, 2.05) is 0 Å². The van der Waals surface area contributed by atoms with Crippen LogP contribution in [-0.2, 0) is 0 Å². The van der Waals surface area contributed by atoms with Crippen molar-refractivity contribution < 1.29 is 0 Å². The molecular weight excluding hydrogens is 725 g/mol. The second-order valence-corrected chi connectivity index (χ2v) is 15.0. The van der Waals surface area contributed by atoms with Crippen molar-refractivity contribution in [3.8, 4) is 44.5 Å². The molecule has 0 aliphatic carbocycles. The molecule has 0 atom stereocenters. The maximum Gasteiger partial charge on any atom is 0.0546 e. The van der Waals surface area contributed by atoms with Crippen LogP contribution in [0.5, 0.6) is 0 Å². The molecule has 0 aromatic heterocycles. The van der Waals surface area contributed by atoms with Gasteiger partial charge in [-0.1, -0.05) is 188 Å². The van der Waals surface area contributed by atoms with E-state index in [1.54, 1.807) is 0 Å². The highest BCUT2D eigenvalue weighted by Crippen LogP contribution is 2.45. The average molecular weight is 767 g/mol. The quantitative estimate of drug-likeness (QED) is 0.137. The summed E-state index contributed by atoms with van der Waals surface area (Å²) in [5.74, 6) is 0. The molecule has 10 aromatic carbocycles. The molecule has 0 spiro atoms. The van der Waals surface area contributed by atoms with Gasteiger partial charge in [-0.25, -0.2) is 0 Å². The van der Waals surface area contributed by atoms with E-state index in [-0.39, 0.29) is 0 Å². The highest BCUT2D eigenvalue weighted by Gasteiger charge is 2.20. The second-order valence-electron chi connectivity index (χ2n) is 15.0. The lowest BCUT2D eigenvalue weighted by Gasteiger charge is -2.29. The average Bonchev–Trinajstić information content (AvgIpc) is 3.34. The van der Waals surface area contributed by atoms with Gasteiger partial charge in [-0.2, -0.15) is 0 Å². The summed E-state index contributed by atoms with van der Waals surface area (Å²) < 4.78 is 0. The standard InChI is InChI=1S/C58H42N2/c1-5-15-43(16-6-1)46-31-38-54(39-32-46)60(57-42-35-49-17-13-14-24-56(49)58(57)50-18-7-2-8-19-50)55-40-33-48(34-41-55)45-27-25-44(26-28-45)47-29-36-53(37-30-47)59(51-20-9-3-10-21-51)52-22-11-4-12-23-52/h1-42H. The van der Waals surface area contributed by atoms with Gasteiger partial charge in [0.15, 0.2) is 0 Å². The Balaban J connectivity index is 0.979. The van der Waals surface area contributed by atoms with E-state index in [0.717, 1.165) is 34.1 Å². The van der Waals surface area contributed by atoms with E-state index in [4.69, 9.17) is 0 Å². The monoisotopic (exact) mass is 766 g/mol. The normalized spacial score (nSPS) is 11.0. The zero-order chi connectivity index (χ0) is 40.1. The van der Waals surface area contributed by atoms with Gasteiger partial charge in [0.1, 0.15) is 0 Å². The fourth-order valence-corrected chi connectivity index (χ4v) is 8.28. The van der Waals surface area contributed by atoms with Crippen LogP contribution in [0.4, 0.5) is 34.1 Å². The van der Waals surface area contributed by atoms with Crippen molar-refractivity contribution >= 4 is 44.9 Å². The number of benzene rings is 10. The highest BCUT2D eigenvalue weighted by atomic mass is 15.1. The zero-order valence-electron chi connectivity index (χ0n) is 33.1. The molecule has 0 unspecified atom stereocenters. The van der Waals surface area contributed by atoms with Crippen molar-refractivity contribution in [1.82, 2.24) is 0 Å². The Morgan fingerprint density at radius 1 is 0.200 bits per heavy atom. The SMILES string of the molecule is c1ccc(-c2ccc(N(c3ccc(-c4ccc(-c5ccc(N(c6ccccc6)c6ccccc6)cc5)cc4)cc3)c3ccc4ccccc4c3-c3ccccc3)cc2)cc1. The summed E-state index contributed by atoms with van der Waals surface area (Å²) in [6.07, 6.45) is 0. The Labute approximate surface area is 352 Å². The van der Waals surface area contributed by atoms with Crippen molar-refractivity contribution in [3.05, 3.63) is 255 Å². The van der Waals surface area contributed by atoms with E-state index in [1.165, 1.54) is 55.3 Å². The van der Waals surface area contributed by atoms with Crippen LogP contribution < -0.4 is 9.80 Å². The van der Waals surface area contributed by atoms with Crippen LogP contribution in [0.15, 0.2) is 255 Å². The van der Waals surface area contributed by atoms with E-state index >= 15 is 0 Å². The molecule has 2 heteroatoms. The lowest BCUT2D eigenvalue weighted by atomic mass is 9.94. The molecule has 10 rings (SSSR count). The van der Waals surface area contributed by atoms with Crippen molar-refractivity contribution in [3.63, 3.8) is 0 Å². The minimum Gasteiger partial charge on any atom is -0.311 e. The molecule has 0 aliphatic rings. The second kappa shape index (κ2) is 16.5. The van der Waals surface area contributed by atoms with E-state index in [0.29, 0.717) is 0 Å². The molecule has 0 bridgehead atoms. The van der Waals surface area contributed by atoms with Gasteiger partial charge >= 0.3 is 0 Å². The van der Waals surface area contributed by atoms with Gasteiger partial charge in [0.05, 0.1) is 5.69 Å². The van der Waals surface area contributed by atoms with Crippen molar-refractivity contribution in [2.75, 3.05) is 9.80 Å². The Morgan fingerprint density at radius 2 is 0.517 bits per heavy atom. The summed E-state index contributed by atoms with van der Waals surface area (Å²) in [5.41, 5.74) is 16.2. The highest BCUT2D eigenvalue weighted by molar-refractivity contribution is 6.05. The zero-order valence-corrected chi connectivity index (χ0v) is 33.1. The third kappa shape index (κ3) is 7.35. The van der Waals surface area contributed by atoms with Gasteiger partial charge in [0.2, 0.25) is 0 Å². The van der Waals surface area contributed by atoms with E-state index in [9.17, 15) is 0 Å². The Hall–Kier alpha value is -7.94. The molecule has 0 saturated heterocycles. The van der Waals surface area contributed by atoms with Gasteiger partial charge in [-0.05, 0) is 116 Å². The van der Waals surface area contributed by atoms with E-state index < -0.39 is 0 Å². The van der Waals surface area contributed by atoms with Crippen LogP contribution in [0, 0.1) is 0 Å². The maximum atomic E-state index is 2.40. The third-order valence-electron chi connectivity index (χ3n) is 11.3. The van der Waals surface area contributed by atoms with Gasteiger partial charge in [0, 0.05) is 34.0 Å². The van der Waals surface area contributed by atoms with Gasteiger partial charge in [-0.3, -0.25) is 0 Å². The number of rotatable bonds is 10. The number of nitrogens with zero attached hydrogens (tertiary/aromatic N) is 2. The molecule has 0 saturated carbocycles. The lowest BCUT2D eigenvalue weighted by molar-refractivity contribution is 1.28. The lowest BCUT2D eigenvalue weighted by Crippen LogP contribution is -2.11. The number of anilines is 6. The fraction of sp³-hybridized carbons (Fsp3) is 0. The van der Waals surface area contributed by atoms with Crippen LogP contribution in [0.3, 0.4) is 0 Å².